The molecule has 0 radical (unpaired) electrons. The number of ether oxygens (including phenoxy) is 1. The van der Waals surface area contributed by atoms with Crippen molar-refractivity contribution in [3.63, 3.8) is 0 Å². The van der Waals surface area contributed by atoms with Gasteiger partial charge in [0.2, 0.25) is 5.91 Å². The summed E-state index contributed by atoms with van der Waals surface area (Å²) < 4.78 is 10.4. The average Bonchev–Trinajstić information content (AvgIpc) is 3.09. The number of likely N-dealkylation sites (N-methyl/N-ethyl adjacent to an activating group) is 1. The van der Waals surface area contributed by atoms with E-state index in [9.17, 15) is 9.59 Å². The molecule has 1 heterocycles. The van der Waals surface area contributed by atoms with Crippen LogP contribution in [0.4, 0.5) is 0 Å². The molecule has 0 atom stereocenters. The van der Waals surface area contributed by atoms with Crippen LogP contribution in [0.1, 0.15) is 18.2 Å². The summed E-state index contributed by atoms with van der Waals surface area (Å²) in [6.45, 7) is 2.78. The maximum atomic E-state index is 12.2. The minimum absolute atomic E-state index is 0.0945. The molecule has 0 unspecified atom stereocenters. The van der Waals surface area contributed by atoms with Gasteiger partial charge in [0.25, 0.3) is 5.91 Å². The number of furan rings is 1. The van der Waals surface area contributed by atoms with Crippen LogP contribution < -0.4 is 10.5 Å². The smallest absolute Gasteiger partial charge is 0.255 e. The van der Waals surface area contributed by atoms with Crippen LogP contribution in [0.2, 0.25) is 0 Å². The van der Waals surface area contributed by atoms with E-state index in [4.69, 9.17) is 14.9 Å². The Hall–Kier alpha value is -3.02. The van der Waals surface area contributed by atoms with Crippen molar-refractivity contribution in [2.45, 2.75) is 13.5 Å². The Morgan fingerprint density at radius 3 is 2.58 bits per heavy atom. The van der Waals surface area contributed by atoms with Crippen molar-refractivity contribution in [2.75, 3.05) is 13.2 Å². The minimum atomic E-state index is -0.527. The number of rotatable bonds is 8. The lowest BCUT2D eigenvalue weighted by atomic mass is 10.2. The molecule has 6 heteroatoms. The van der Waals surface area contributed by atoms with E-state index in [0.29, 0.717) is 18.8 Å². The second-order valence-electron chi connectivity index (χ2n) is 5.09. The normalized spacial score (nSPS) is 10.7. The Bertz CT molecular complexity index is 690. The fourth-order valence-electron chi connectivity index (χ4n) is 2.04. The predicted molar refractivity (Wildman–Crippen MR) is 90.0 cm³/mol. The fraction of sp³-hybridized carbons (Fsp3) is 0.222. The van der Waals surface area contributed by atoms with Crippen molar-refractivity contribution in [3.05, 3.63) is 60.1 Å². The second kappa shape index (κ2) is 8.57. The number of amides is 2. The summed E-state index contributed by atoms with van der Waals surface area (Å²) in [5.41, 5.74) is 5.87. The maximum Gasteiger partial charge on any atom is 0.255 e. The van der Waals surface area contributed by atoms with Crippen LogP contribution in [0.3, 0.4) is 0 Å². The van der Waals surface area contributed by atoms with Gasteiger partial charge in [-0.3, -0.25) is 9.59 Å². The van der Waals surface area contributed by atoms with Crippen LogP contribution in [0.5, 0.6) is 5.75 Å². The third kappa shape index (κ3) is 5.31. The Kier molecular flexibility index (Phi) is 6.19. The van der Waals surface area contributed by atoms with Crippen LogP contribution in [-0.2, 0) is 16.1 Å². The Balaban J connectivity index is 1.93. The number of nitrogens with zero attached hydrogens (tertiary/aromatic N) is 1. The molecule has 0 spiro atoms. The van der Waals surface area contributed by atoms with Crippen LogP contribution in [0.15, 0.2) is 53.2 Å². The molecule has 0 aliphatic rings. The first-order chi connectivity index (χ1) is 11.6. The van der Waals surface area contributed by atoms with Gasteiger partial charge in [0.15, 0.2) is 6.61 Å². The zero-order chi connectivity index (χ0) is 17.4. The van der Waals surface area contributed by atoms with Gasteiger partial charge in [-0.1, -0.05) is 12.1 Å². The molecule has 126 valence electrons. The molecule has 0 aliphatic heterocycles. The van der Waals surface area contributed by atoms with E-state index in [1.807, 2.05) is 13.0 Å². The first-order valence-corrected chi connectivity index (χ1v) is 7.59. The van der Waals surface area contributed by atoms with Gasteiger partial charge in [-0.15, -0.1) is 0 Å². The SMILES string of the molecule is CCN(Cc1ccco1)C(=O)/C=C\c1ccc(OCC(N)=O)cc1. The van der Waals surface area contributed by atoms with Crippen molar-refractivity contribution >= 4 is 17.9 Å². The molecule has 0 saturated heterocycles. The van der Waals surface area contributed by atoms with E-state index in [1.165, 1.54) is 6.08 Å². The Labute approximate surface area is 140 Å². The van der Waals surface area contributed by atoms with Crippen LogP contribution in [0.25, 0.3) is 6.08 Å². The van der Waals surface area contributed by atoms with E-state index in [0.717, 1.165) is 11.3 Å². The first-order valence-electron chi connectivity index (χ1n) is 7.59. The number of carbonyl (C=O) groups is 2. The number of hydrogen-bond donors (Lipinski definition) is 1. The Morgan fingerprint density at radius 2 is 2.00 bits per heavy atom. The molecule has 0 aliphatic carbocycles. The average molecular weight is 328 g/mol. The molecule has 24 heavy (non-hydrogen) atoms. The van der Waals surface area contributed by atoms with Gasteiger partial charge in [-0.2, -0.15) is 0 Å². The molecular formula is C18H20N2O4. The number of primary amides is 1. The van der Waals surface area contributed by atoms with Gasteiger partial charge < -0.3 is 19.8 Å². The minimum Gasteiger partial charge on any atom is -0.484 e. The highest BCUT2D eigenvalue weighted by Crippen LogP contribution is 2.13. The zero-order valence-corrected chi connectivity index (χ0v) is 13.5. The van der Waals surface area contributed by atoms with Crippen molar-refractivity contribution in [1.82, 2.24) is 4.90 Å². The summed E-state index contributed by atoms with van der Waals surface area (Å²) in [5.74, 6) is 0.670. The van der Waals surface area contributed by atoms with E-state index >= 15 is 0 Å². The molecular weight excluding hydrogens is 308 g/mol. The molecule has 0 saturated carbocycles. The summed E-state index contributed by atoms with van der Waals surface area (Å²) in [4.78, 5) is 24.6. The van der Waals surface area contributed by atoms with Crippen LogP contribution in [-0.4, -0.2) is 29.9 Å². The van der Waals surface area contributed by atoms with Gasteiger partial charge in [-0.25, -0.2) is 0 Å². The number of hydrogen-bond acceptors (Lipinski definition) is 4. The number of carbonyl (C=O) groups excluding carboxylic acids is 2. The molecule has 1 aromatic heterocycles. The van der Waals surface area contributed by atoms with Crippen molar-refractivity contribution in [3.8, 4) is 5.75 Å². The standard InChI is InChI=1S/C18H20N2O4/c1-2-20(12-16-4-3-11-23-16)18(22)10-7-14-5-8-15(9-6-14)24-13-17(19)21/h3-11H,2,12-13H2,1H3,(H2,19,21)/b10-7-. The summed E-state index contributed by atoms with van der Waals surface area (Å²) in [6, 6.07) is 10.7. The lowest BCUT2D eigenvalue weighted by molar-refractivity contribution is -0.126. The van der Waals surface area contributed by atoms with Gasteiger partial charge in [0, 0.05) is 12.6 Å². The van der Waals surface area contributed by atoms with Crippen LogP contribution >= 0.6 is 0 Å². The lowest BCUT2D eigenvalue weighted by Gasteiger charge is -2.17. The van der Waals surface area contributed by atoms with E-state index < -0.39 is 5.91 Å². The fourth-order valence-corrected chi connectivity index (χ4v) is 2.04. The highest BCUT2D eigenvalue weighted by atomic mass is 16.5. The molecule has 0 fully saturated rings. The monoisotopic (exact) mass is 328 g/mol. The highest BCUT2D eigenvalue weighted by Gasteiger charge is 2.10. The molecule has 1 aromatic carbocycles. The highest BCUT2D eigenvalue weighted by molar-refractivity contribution is 5.91. The lowest BCUT2D eigenvalue weighted by Crippen LogP contribution is -2.28. The first kappa shape index (κ1) is 17.3. The van der Waals surface area contributed by atoms with Crippen molar-refractivity contribution < 1.29 is 18.7 Å². The largest absolute Gasteiger partial charge is 0.484 e. The topological polar surface area (TPSA) is 85.8 Å². The molecule has 2 amide bonds. The van der Waals surface area contributed by atoms with Crippen molar-refractivity contribution in [2.24, 2.45) is 5.73 Å². The summed E-state index contributed by atoms with van der Waals surface area (Å²) >= 11 is 0. The molecule has 6 nitrogen and oxygen atoms in total. The van der Waals surface area contributed by atoms with Crippen LogP contribution in [0, 0.1) is 0 Å². The predicted octanol–water partition coefficient (Wildman–Crippen LogP) is 2.21. The molecule has 2 rings (SSSR count). The summed E-state index contributed by atoms with van der Waals surface area (Å²) in [7, 11) is 0. The molecule has 0 bridgehead atoms. The third-order valence-electron chi connectivity index (χ3n) is 3.30. The van der Waals surface area contributed by atoms with Crippen molar-refractivity contribution in [1.29, 1.82) is 0 Å². The van der Waals surface area contributed by atoms with E-state index in [2.05, 4.69) is 0 Å². The second-order valence-corrected chi connectivity index (χ2v) is 5.09. The van der Waals surface area contributed by atoms with Gasteiger partial charge in [-0.05, 0) is 42.8 Å². The van der Waals surface area contributed by atoms with Gasteiger partial charge in [0.1, 0.15) is 11.5 Å². The number of benzene rings is 1. The zero-order valence-electron chi connectivity index (χ0n) is 13.5. The summed E-state index contributed by atoms with van der Waals surface area (Å²) in [6.07, 6.45) is 4.84. The summed E-state index contributed by atoms with van der Waals surface area (Å²) in [5, 5.41) is 0. The molecule has 2 N–H and O–H groups in total. The van der Waals surface area contributed by atoms with E-state index in [1.54, 1.807) is 47.6 Å². The third-order valence-corrected chi connectivity index (χ3v) is 3.30. The number of nitrogens with two attached hydrogens (primary N) is 1. The molecule has 2 aromatic rings. The van der Waals surface area contributed by atoms with E-state index in [-0.39, 0.29) is 12.5 Å². The quantitative estimate of drug-likeness (QED) is 0.753. The van der Waals surface area contributed by atoms with Gasteiger partial charge >= 0.3 is 0 Å². The maximum absolute atomic E-state index is 12.2. The van der Waals surface area contributed by atoms with Gasteiger partial charge in [0.05, 0.1) is 12.8 Å². The Morgan fingerprint density at radius 1 is 1.25 bits per heavy atom.